The Labute approximate surface area is 129 Å². The van der Waals surface area contributed by atoms with Crippen LogP contribution in [0.1, 0.15) is 19.3 Å². The summed E-state index contributed by atoms with van der Waals surface area (Å²) in [6, 6.07) is 7.26. The van der Waals surface area contributed by atoms with Gasteiger partial charge >= 0.3 is 0 Å². The Bertz CT molecular complexity index is 570. The number of hydrogen-bond acceptors (Lipinski definition) is 4. The maximum absolute atomic E-state index is 12.7. The molecule has 0 aliphatic carbocycles. The van der Waals surface area contributed by atoms with Crippen molar-refractivity contribution in [1.29, 1.82) is 0 Å². The minimum Gasteiger partial charge on any atom is -0.477 e. The number of rotatable bonds is 3. The molecule has 3 rings (SSSR count). The SMILES string of the molecule is NC(=O)C1CN(C(=O)CN2CCCCC2)c2ccccc2O1. The molecule has 2 aliphatic heterocycles. The van der Waals surface area contributed by atoms with E-state index in [1.54, 1.807) is 11.0 Å². The molecule has 2 aliphatic rings. The van der Waals surface area contributed by atoms with Crippen molar-refractivity contribution in [2.75, 3.05) is 31.1 Å². The van der Waals surface area contributed by atoms with Gasteiger partial charge in [0.2, 0.25) is 5.91 Å². The van der Waals surface area contributed by atoms with Gasteiger partial charge in [0.05, 0.1) is 18.8 Å². The topological polar surface area (TPSA) is 75.9 Å². The lowest BCUT2D eigenvalue weighted by molar-refractivity contribution is -0.125. The van der Waals surface area contributed by atoms with Crippen molar-refractivity contribution >= 4 is 17.5 Å². The molecule has 1 fully saturated rings. The van der Waals surface area contributed by atoms with Crippen molar-refractivity contribution in [2.24, 2.45) is 5.73 Å². The Morgan fingerprint density at radius 2 is 1.91 bits per heavy atom. The van der Waals surface area contributed by atoms with Crippen LogP contribution in [-0.4, -0.2) is 49.0 Å². The van der Waals surface area contributed by atoms with E-state index in [9.17, 15) is 9.59 Å². The lowest BCUT2D eigenvalue weighted by atomic mass is 10.1. The first-order chi connectivity index (χ1) is 10.6. The first-order valence-corrected chi connectivity index (χ1v) is 7.73. The Morgan fingerprint density at radius 1 is 1.18 bits per heavy atom. The molecule has 1 atom stereocenters. The van der Waals surface area contributed by atoms with Gasteiger partial charge in [0.1, 0.15) is 5.75 Å². The van der Waals surface area contributed by atoms with E-state index in [2.05, 4.69) is 4.90 Å². The van der Waals surface area contributed by atoms with E-state index in [4.69, 9.17) is 10.5 Å². The zero-order valence-electron chi connectivity index (χ0n) is 12.5. The molecule has 0 aromatic heterocycles. The summed E-state index contributed by atoms with van der Waals surface area (Å²) in [6.45, 7) is 2.47. The highest BCUT2D eigenvalue weighted by molar-refractivity contribution is 5.98. The van der Waals surface area contributed by atoms with Crippen LogP contribution in [0.2, 0.25) is 0 Å². The molecule has 1 aromatic rings. The maximum Gasteiger partial charge on any atom is 0.260 e. The normalized spacial score (nSPS) is 21.8. The van der Waals surface area contributed by atoms with Gasteiger partial charge in [-0.15, -0.1) is 0 Å². The number of piperidine rings is 1. The molecule has 6 nitrogen and oxygen atoms in total. The van der Waals surface area contributed by atoms with Crippen LogP contribution in [0.4, 0.5) is 5.69 Å². The van der Waals surface area contributed by atoms with Gasteiger partial charge in [0.15, 0.2) is 6.10 Å². The number of primary amides is 1. The van der Waals surface area contributed by atoms with Crippen molar-refractivity contribution < 1.29 is 14.3 Å². The summed E-state index contributed by atoms with van der Waals surface area (Å²) in [5.41, 5.74) is 6.07. The number of hydrogen-bond donors (Lipinski definition) is 1. The van der Waals surface area contributed by atoms with Gasteiger partial charge in [-0.3, -0.25) is 14.5 Å². The zero-order chi connectivity index (χ0) is 15.5. The summed E-state index contributed by atoms with van der Waals surface area (Å²) in [6.07, 6.45) is 2.71. The highest BCUT2D eigenvalue weighted by atomic mass is 16.5. The summed E-state index contributed by atoms with van der Waals surface area (Å²) in [4.78, 5) is 27.9. The van der Waals surface area contributed by atoms with Gasteiger partial charge < -0.3 is 15.4 Å². The number of anilines is 1. The molecule has 0 saturated carbocycles. The average molecular weight is 303 g/mol. The van der Waals surface area contributed by atoms with Crippen LogP contribution in [0.25, 0.3) is 0 Å². The third kappa shape index (κ3) is 3.06. The number of para-hydroxylation sites is 2. The molecule has 1 aromatic carbocycles. The molecule has 1 saturated heterocycles. The molecule has 0 spiro atoms. The quantitative estimate of drug-likeness (QED) is 0.894. The Morgan fingerprint density at radius 3 is 2.64 bits per heavy atom. The smallest absolute Gasteiger partial charge is 0.260 e. The van der Waals surface area contributed by atoms with Crippen molar-refractivity contribution in [3.8, 4) is 5.75 Å². The van der Waals surface area contributed by atoms with Crippen LogP contribution in [0.5, 0.6) is 5.75 Å². The second-order valence-corrected chi connectivity index (χ2v) is 5.82. The highest BCUT2D eigenvalue weighted by Crippen LogP contribution is 2.33. The van der Waals surface area contributed by atoms with E-state index >= 15 is 0 Å². The molecule has 22 heavy (non-hydrogen) atoms. The molecule has 2 amide bonds. The number of carbonyl (C=O) groups is 2. The number of likely N-dealkylation sites (tertiary alicyclic amines) is 1. The predicted octanol–water partition coefficient (Wildman–Crippen LogP) is 0.752. The van der Waals surface area contributed by atoms with Crippen molar-refractivity contribution in [1.82, 2.24) is 4.90 Å². The molecule has 1 unspecified atom stereocenters. The summed E-state index contributed by atoms with van der Waals surface area (Å²) >= 11 is 0. The molecule has 0 radical (unpaired) electrons. The monoisotopic (exact) mass is 303 g/mol. The van der Waals surface area contributed by atoms with Gasteiger partial charge in [-0.2, -0.15) is 0 Å². The number of carbonyl (C=O) groups excluding carboxylic acids is 2. The molecule has 2 heterocycles. The highest BCUT2D eigenvalue weighted by Gasteiger charge is 2.33. The van der Waals surface area contributed by atoms with E-state index < -0.39 is 12.0 Å². The standard InChI is InChI=1S/C16H21N3O3/c17-16(21)14-10-19(12-6-2-3-7-13(12)22-14)15(20)11-18-8-4-1-5-9-18/h2-3,6-7,14H,1,4-5,8-11H2,(H2,17,21). The lowest BCUT2D eigenvalue weighted by Crippen LogP contribution is -2.52. The van der Waals surface area contributed by atoms with Crippen LogP contribution in [-0.2, 0) is 9.59 Å². The molecule has 6 heteroatoms. The average Bonchev–Trinajstić information content (AvgIpc) is 2.54. The van der Waals surface area contributed by atoms with E-state index in [1.165, 1.54) is 6.42 Å². The van der Waals surface area contributed by atoms with E-state index in [0.29, 0.717) is 18.0 Å². The second-order valence-electron chi connectivity index (χ2n) is 5.82. The third-order valence-electron chi connectivity index (χ3n) is 4.20. The fraction of sp³-hybridized carbons (Fsp3) is 0.500. The number of fused-ring (bicyclic) bond motifs is 1. The molecular weight excluding hydrogens is 282 g/mol. The second kappa shape index (κ2) is 6.36. The van der Waals surface area contributed by atoms with Crippen LogP contribution in [0.15, 0.2) is 24.3 Å². The number of amides is 2. The summed E-state index contributed by atoms with van der Waals surface area (Å²) in [7, 11) is 0. The van der Waals surface area contributed by atoms with Crippen molar-refractivity contribution in [3.63, 3.8) is 0 Å². The Kier molecular flexibility index (Phi) is 4.29. The minimum absolute atomic E-state index is 0.0103. The van der Waals surface area contributed by atoms with Crippen LogP contribution in [0, 0.1) is 0 Å². The van der Waals surface area contributed by atoms with Crippen LogP contribution >= 0.6 is 0 Å². The summed E-state index contributed by atoms with van der Waals surface area (Å²) in [5.74, 6) is -0.0290. The van der Waals surface area contributed by atoms with Crippen molar-refractivity contribution in [2.45, 2.75) is 25.4 Å². The zero-order valence-corrected chi connectivity index (χ0v) is 12.5. The lowest BCUT2D eigenvalue weighted by Gasteiger charge is -2.35. The van der Waals surface area contributed by atoms with Crippen LogP contribution in [0.3, 0.4) is 0 Å². The number of nitrogens with zero attached hydrogens (tertiary/aromatic N) is 2. The number of benzene rings is 1. The molecule has 2 N–H and O–H groups in total. The van der Waals surface area contributed by atoms with E-state index in [-0.39, 0.29) is 12.5 Å². The van der Waals surface area contributed by atoms with Crippen LogP contribution < -0.4 is 15.4 Å². The van der Waals surface area contributed by atoms with Gasteiger partial charge in [-0.1, -0.05) is 18.6 Å². The minimum atomic E-state index is -0.791. The van der Waals surface area contributed by atoms with Gasteiger partial charge in [-0.25, -0.2) is 0 Å². The van der Waals surface area contributed by atoms with E-state index in [0.717, 1.165) is 25.9 Å². The van der Waals surface area contributed by atoms with E-state index in [1.807, 2.05) is 18.2 Å². The Balaban J connectivity index is 1.78. The summed E-state index contributed by atoms with van der Waals surface area (Å²) in [5, 5.41) is 0. The largest absolute Gasteiger partial charge is 0.477 e. The number of ether oxygens (including phenoxy) is 1. The first kappa shape index (κ1) is 14.8. The molecule has 0 bridgehead atoms. The van der Waals surface area contributed by atoms with Gasteiger partial charge in [0, 0.05) is 0 Å². The molecule has 118 valence electrons. The van der Waals surface area contributed by atoms with Gasteiger partial charge in [-0.05, 0) is 38.1 Å². The van der Waals surface area contributed by atoms with Gasteiger partial charge in [0.25, 0.3) is 5.91 Å². The first-order valence-electron chi connectivity index (χ1n) is 7.73. The van der Waals surface area contributed by atoms with Crippen molar-refractivity contribution in [3.05, 3.63) is 24.3 Å². The third-order valence-corrected chi connectivity index (χ3v) is 4.20. The summed E-state index contributed by atoms with van der Waals surface area (Å²) < 4.78 is 5.58. The number of nitrogens with two attached hydrogens (primary N) is 1. The predicted molar refractivity (Wildman–Crippen MR) is 82.7 cm³/mol. The fourth-order valence-corrected chi connectivity index (χ4v) is 3.01. The fourth-order valence-electron chi connectivity index (χ4n) is 3.01. The Hall–Kier alpha value is -2.08. The molecular formula is C16H21N3O3. The maximum atomic E-state index is 12.7.